The Morgan fingerprint density at radius 2 is 1.88 bits per heavy atom. The Kier molecular flexibility index (Phi) is 5.18. The number of hydrogen-bond donors (Lipinski definition) is 1. The van der Waals surface area contributed by atoms with Crippen LogP contribution in [0.15, 0.2) is 59.1 Å². The smallest absolute Gasteiger partial charge is 0.264 e. The lowest BCUT2D eigenvalue weighted by Crippen LogP contribution is -2.35. The fraction of sp³-hybridized carbons (Fsp3) is 0.105. The molecule has 6 nitrogen and oxygen atoms in total. The van der Waals surface area contributed by atoms with Crippen LogP contribution in [-0.2, 0) is 9.59 Å². The van der Waals surface area contributed by atoms with E-state index in [0.717, 1.165) is 4.47 Å². The summed E-state index contributed by atoms with van der Waals surface area (Å²) in [4.78, 5) is 37.2. The van der Waals surface area contributed by atoms with Gasteiger partial charge in [0.1, 0.15) is 5.75 Å². The summed E-state index contributed by atoms with van der Waals surface area (Å²) < 4.78 is 6.21. The molecule has 2 aromatic carbocycles. The number of hydrogen-bond acceptors (Lipinski definition) is 4. The van der Waals surface area contributed by atoms with Gasteiger partial charge in [-0.2, -0.15) is 0 Å². The zero-order valence-corrected chi connectivity index (χ0v) is 15.4. The number of nitrogens with zero attached hydrogens (tertiary/aromatic N) is 1. The van der Waals surface area contributed by atoms with E-state index in [0.29, 0.717) is 22.7 Å². The molecule has 0 radical (unpaired) electrons. The summed E-state index contributed by atoms with van der Waals surface area (Å²) >= 11 is 3.30. The molecule has 0 aromatic heterocycles. The van der Waals surface area contributed by atoms with Crippen LogP contribution in [0, 0.1) is 0 Å². The highest BCUT2D eigenvalue weighted by molar-refractivity contribution is 9.10. The van der Waals surface area contributed by atoms with Crippen molar-refractivity contribution in [3.63, 3.8) is 0 Å². The van der Waals surface area contributed by atoms with Crippen molar-refractivity contribution in [3.8, 4) is 5.75 Å². The molecule has 3 rings (SSSR count). The van der Waals surface area contributed by atoms with Gasteiger partial charge in [-0.15, -0.1) is 0 Å². The van der Waals surface area contributed by atoms with Crippen molar-refractivity contribution in [1.29, 1.82) is 0 Å². The molecule has 0 aliphatic carbocycles. The molecule has 132 valence electrons. The van der Waals surface area contributed by atoms with Gasteiger partial charge in [-0.05, 0) is 48.5 Å². The molecule has 0 spiro atoms. The average Bonchev–Trinajstić information content (AvgIpc) is 2.64. The van der Waals surface area contributed by atoms with Gasteiger partial charge in [-0.25, -0.2) is 0 Å². The van der Waals surface area contributed by atoms with Crippen LogP contribution in [-0.4, -0.2) is 31.3 Å². The molecule has 0 saturated carbocycles. The molecule has 1 N–H and O–H groups in total. The molecule has 1 aliphatic heterocycles. The summed E-state index contributed by atoms with van der Waals surface area (Å²) in [6, 6.07) is 11.9. The molecule has 0 bridgehead atoms. The summed E-state index contributed by atoms with van der Waals surface area (Å²) in [5.41, 5.74) is 1.57. The van der Waals surface area contributed by atoms with Gasteiger partial charge in [0.15, 0.2) is 12.4 Å². The maximum absolute atomic E-state index is 12.0. The number of amides is 2. The summed E-state index contributed by atoms with van der Waals surface area (Å²) in [6.45, 7) is -0.00386. The Morgan fingerprint density at radius 1 is 1.15 bits per heavy atom. The molecular weight excluding hydrogens is 400 g/mol. The average molecular weight is 415 g/mol. The summed E-state index contributed by atoms with van der Waals surface area (Å²) in [6.07, 6.45) is 2.39. The van der Waals surface area contributed by atoms with Crippen molar-refractivity contribution < 1.29 is 19.1 Å². The quantitative estimate of drug-likeness (QED) is 0.615. The second-order valence-electron chi connectivity index (χ2n) is 5.62. The highest BCUT2D eigenvalue weighted by Crippen LogP contribution is 2.33. The second kappa shape index (κ2) is 7.53. The molecule has 0 saturated heterocycles. The first-order valence-electron chi connectivity index (χ1n) is 7.76. The number of nitrogens with one attached hydrogen (secondary N) is 1. The van der Waals surface area contributed by atoms with Crippen molar-refractivity contribution in [3.05, 3.63) is 64.7 Å². The zero-order chi connectivity index (χ0) is 18.7. The van der Waals surface area contributed by atoms with Crippen LogP contribution in [0.25, 0.3) is 0 Å². The third-order valence-electron chi connectivity index (χ3n) is 3.83. The maximum atomic E-state index is 12.0. The minimum absolute atomic E-state index is 0.00386. The topological polar surface area (TPSA) is 75.7 Å². The van der Waals surface area contributed by atoms with E-state index in [1.54, 1.807) is 49.5 Å². The van der Waals surface area contributed by atoms with Gasteiger partial charge in [0, 0.05) is 28.8 Å². The Balaban J connectivity index is 1.67. The molecule has 26 heavy (non-hydrogen) atoms. The second-order valence-corrected chi connectivity index (χ2v) is 6.53. The first-order chi connectivity index (χ1) is 12.4. The number of likely N-dealkylation sites (N-methyl/N-ethyl adjacent to an activating group) is 1. The largest absolute Gasteiger partial charge is 0.482 e. The molecule has 1 aliphatic rings. The molecule has 2 amide bonds. The van der Waals surface area contributed by atoms with Gasteiger partial charge in [-0.3, -0.25) is 14.4 Å². The van der Waals surface area contributed by atoms with Gasteiger partial charge in [0.05, 0.1) is 5.69 Å². The van der Waals surface area contributed by atoms with Gasteiger partial charge >= 0.3 is 0 Å². The van der Waals surface area contributed by atoms with Gasteiger partial charge in [0.25, 0.3) is 5.91 Å². The molecule has 0 atom stereocenters. The third kappa shape index (κ3) is 4.00. The monoisotopic (exact) mass is 414 g/mol. The lowest BCUT2D eigenvalue weighted by atomic mass is 10.1. The van der Waals surface area contributed by atoms with E-state index in [2.05, 4.69) is 21.2 Å². The van der Waals surface area contributed by atoms with Crippen LogP contribution >= 0.6 is 15.9 Å². The van der Waals surface area contributed by atoms with Crippen molar-refractivity contribution in [2.24, 2.45) is 0 Å². The minimum atomic E-state index is -0.443. The van der Waals surface area contributed by atoms with Crippen molar-refractivity contribution in [2.75, 3.05) is 23.9 Å². The van der Waals surface area contributed by atoms with E-state index in [4.69, 9.17) is 4.74 Å². The number of benzene rings is 2. The van der Waals surface area contributed by atoms with E-state index in [9.17, 15) is 14.4 Å². The maximum Gasteiger partial charge on any atom is 0.264 e. The van der Waals surface area contributed by atoms with Gasteiger partial charge in [0.2, 0.25) is 5.91 Å². The predicted molar refractivity (Wildman–Crippen MR) is 102 cm³/mol. The Hall–Kier alpha value is -2.93. The van der Waals surface area contributed by atoms with Crippen LogP contribution in [0.3, 0.4) is 0 Å². The summed E-state index contributed by atoms with van der Waals surface area (Å²) in [7, 11) is 1.64. The highest BCUT2D eigenvalue weighted by Gasteiger charge is 2.22. The predicted octanol–water partition coefficient (Wildman–Crippen LogP) is 3.18. The number of fused-ring (bicyclic) bond motifs is 1. The lowest BCUT2D eigenvalue weighted by Gasteiger charge is -2.26. The van der Waals surface area contributed by atoms with Crippen molar-refractivity contribution >= 4 is 44.9 Å². The summed E-state index contributed by atoms with van der Waals surface area (Å²) in [5, 5.41) is 2.66. The number of ether oxygens (including phenoxy) is 1. The molecule has 7 heteroatoms. The van der Waals surface area contributed by atoms with Crippen LogP contribution in [0.1, 0.15) is 10.4 Å². The Morgan fingerprint density at radius 3 is 2.62 bits per heavy atom. The number of halogens is 1. The minimum Gasteiger partial charge on any atom is -0.482 e. The third-order valence-corrected chi connectivity index (χ3v) is 4.36. The molecule has 0 fully saturated rings. The first kappa shape index (κ1) is 17.9. The standard InChI is InChI=1S/C19H15BrN2O4/c1-22-15-10-14(6-8-17(15)26-11-19(22)25)21-18(24)9-7-16(23)12-2-4-13(20)5-3-12/h2-10H,11H2,1H3,(H,21,24)/b9-7+. The zero-order valence-electron chi connectivity index (χ0n) is 13.9. The van der Waals surface area contributed by atoms with Crippen molar-refractivity contribution in [1.82, 2.24) is 0 Å². The first-order valence-corrected chi connectivity index (χ1v) is 8.56. The Labute approximate surface area is 158 Å². The van der Waals surface area contributed by atoms with Crippen LogP contribution in [0.2, 0.25) is 0 Å². The number of rotatable bonds is 4. The number of anilines is 2. The van der Waals surface area contributed by atoms with E-state index >= 15 is 0 Å². The molecule has 0 unspecified atom stereocenters. The van der Waals surface area contributed by atoms with Crippen molar-refractivity contribution in [2.45, 2.75) is 0 Å². The van der Waals surface area contributed by atoms with Gasteiger partial charge < -0.3 is 15.0 Å². The molecule has 2 aromatic rings. The van der Waals surface area contributed by atoms with E-state index < -0.39 is 5.91 Å². The fourth-order valence-electron chi connectivity index (χ4n) is 2.40. The van der Waals surface area contributed by atoms with Crippen LogP contribution < -0.4 is 15.0 Å². The molecular formula is C19H15BrN2O4. The number of carbonyl (C=O) groups is 3. The highest BCUT2D eigenvalue weighted by atomic mass is 79.9. The number of carbonyl (C=O) groups excluding carboxylic acids is 3. The summed E-state index contributed by atoms with van der Waals surface area (Å²) in [5.74, 6) is -0.301. The molecule has 1 heterocycles. The van der Waals surface area contributed by atoms with Crippen LogP contribution in [0.4, 0.5) is 11.4 Å². The number of allylic oxidation sites excluding steroid dienone is 1. The fourth-order valence-corrected chi connectivity index (χ4v) is 2.66. The van der Waals surface area contributed by atoms with E-state index in [-0.39, 0.29) is 18.3 Å². The van der Waals surface area contributed by atoms with Gasteiger partial charge in [-0.1, -0.05) is 15.9 Å². The Bertz CT molecular complexity index is 906. The van der Waals surface area contributed by atoms with E-state index in [1.165, 1.54) is 17.1 Å². The SMILES string of the molecule is CN1C(=O)COc2ccc(NC(=O)/C=C/C(=O)c3ccc(Br)cc3)cc21. The van der Waals surface area contributed by atoms with E-state index in [1.807, 2.05) is 0 Å². The number of ketones is 1. The lowest BCUT2D eigenvalue weighted by molar-refractivity contribution is -0.121. The van der Waals surface area contributed by atoms with Crippen LogP contribution in [0.5, 0.6) is 5.75 Å². The normalized spacial score (nSPS) is 13.3.